The topological polar surface area (TPSA) is 114 Å². The summed E-state index contributed by atoms with van der Waals surface area (Å²) < 4.78 is 4.74. The highest BCUT2D eigenvalue weighted by Crippen LogP contribution is 2.07. The summed E-state index contributed by atoms with van der Waals surface area (Å²) in [5.74, 6) is -0.407. The number of methoxy groups -OCH3 is 1. The van der Waals surface area contributed by atoms with Crippen LogP contribution in [0.5, 0.6) is 0 Å². The molecule has 7 nitrogen and oxygen atoms in total. The van der Waals surface area contributed by atoms with Crippen LogP contribution in [0.4, 0.5) is 4.79 Å². The van der Waals surface area contributed by atoms with E-state index in [0.717, 1.165) is 6.42 Å². The van der Waals surface area contributed by atoms with Gasteiger partial charge in [0, 0.05) is 13.7 Å². The van der Waals surface area contributed by atoms with Crippen molar-refractivity contribution in [3.05, 3.63) is 0 Å². The van der Waals surface area contributed by atoms with Gasteiger partial charge in [-0.15, -0.1) is 0 Å². The number of urea groups is 1. The summed E-state index contributed by atoms with van der Waals surface area (Å²) in [4.78, 5) is 22.7. The largest absolute Gasteiger partial charge is 0.389 e. The first kappa shape index (κ1) is 16.7. The Balaban J connectivity index is 4.33. The highest BCUT2D eigenvalue weighted by molar-refractivity contribution is 5.86. The molecule has 0 aromatic rings. The number of nitrogens with two attached hydrogens (primary N) is 1. The minimum atomic E-state index is -0.773. The van der Waals surface area contributed by atoms with Crippen LogP contribution in [-0.4, -0.2) is 49.5 Å². The number of rotatable bonds is 8. The van der Waals surface area contributed by atoms with E-state index in [2.05, 4.69) is 10.6 Å². The van der Waals surface area contributed by atoms with E-state index in [1.165, 1.54) is 7.11 Å². The van der Waals surface area contributed by atoms with Crippen molar-refractivity contribution < 1.29 is 19.4 Å². The van der Waals surface area contributed by atoms with E-state index in [-0.39, 0.29) is 25.0 Å². The Morgan fingerprint density at radius 2 is 2.06 bits per heavy atom. The second-order valence-electron chi connectivity index (χ2n) is 4.23. The van der Waals surface area contributed by atoms with Crippen molar-refractivity contribution in [2.45, 2.75) is 32.4 Å². The SMILES string of the molecule is CCC(C)C(NC(N)=O)C(=O)NCC(O)COC. The summed E-state index contributed by atoms with van der Waals surface area (Å²) >= 11 is 0. The lowest BCUT2D eigenvalue weighted by molar-refractivity contribution is -0.124. The quantitative estimate of drug-likeness (QED) is 0.457. The van der Waals surface area contributed by atoms with Gasteiger partial charge in [-0.05, 0) is 5.92 Å². The number of carbonyl (C=O) groups excluding carboxylic acids is 2. The lowest BCUT2D eigenvalue weighted by Gasteiger charge is -2.23. The first-order valence-corrected chi connectivity index (χ1v) is 5.93. The average Bonchev–Trinajstić information content (AvgIpc) is 2.32. The molecule has 0 saturated carbocycles. The fraction of sp³-hybridized carbons (Fsp3) is 0.818. The molecule has 0 aromatic heterocycles. The lowest BCUT2D eigenvalue weighted by Crippen LogP contribution is -2.53. The molecule has 0 aliphatic carbocycles. The zero-order valence-electron chi connectivity index (χ0n) is 11.1. The molecule has 3 atom stereocenters. The Morgan fingerprint density at radius 1 is 1.44 bits per heavy atom. The van der Waals surface area contributed by atoms with Gasteiger partial charge in [0.2, 0.25) is 5.91 Å². The van der Waals surface area contributed by atoms with Crippen molar-refractivity contribution in [3.63, 3.8) is 0 Å². The van der Waals surface area contributed by atoms with Crippen LogP contribution >= 0.6 is 0 Å². The van der Waals surface area contributed by atoms with E-state index in [0.29, 0.717) is 0 Å². The number of carbonyl (C=O) groups is 2. The van der Waals surface area contributed by atoms with Crippen LogP contribution < -0.4 is 16.4 Å². The molecule has 0 radical (unpaired) electrons. The molecular formula is C11H23N3O4. The van der Waals surface area contributed by atoms with Crippen LogP contribution in [0.3, 0.4) is 0 Å². The summed E-state index contributed by atoms with van der Waals surface area (Å²) in [5.41, 5.74) is 5.03. The van der Waals surface area contributed by atoms with Crippen molar-refractivity contribution in [1.29, 1.82) is 0 Å². The predicted molar refractivity (Wildman–Crippen MR) is 66.9 cm³/mol. The minimum absolute atomic E-state index is 0.0444. The molecule has 0 heterocycles. The van der Waals surface area contributed by atoms with Gasteiger partial charge in [-0.2, -0.15) is 0 Å². The molecule has 0 bridgehead atoms. The van der Waals surface area contributed by atoms with Gasteiger partial charge >= 0.3 is 6.03 Å². The fourth-order valence-corrected chi connectivity index (χ4v) is 1.43. The van der Waals surface area contributed by atoms with Crippen molar-refractivity contribution >= 4 is 11.9 Å². The standard InChI is InChI=1S/C11H23N3O4/c1-4-7(2)9(14-11(12)17)10(16)13-5-8(15)6-18-3/h7-9,15H,4-6H2,1-3H3,(H,13,16)(H3,12,14,17). The number of amides is 3. The van der Waals surface area contributed by atoms with Crippen LogP contribution in [0, 0.1) is 5.92 Å². The minimum Gasteiger partial charge on any atom is -0.389 e. The number of aliphatic hydroxyl groups is 1. The van der Waals surface area contributed by atoms with Gasteiger partial charge in [0.1, 0.15) is 6.04 Å². The van der Waals surface area contributed by atoms with Gasteiger partial charge in [0.05, 0.1) is 12.7 Å². The highest BCUT2D eigenvalue weighted by atomic mass is 16.5. The molecule has 0 aliphatic rings. The molecule has 106 valence electrons. The molecule has 0 saturated heterocycles. The van der Waals surface area contributed by atoms with Crippen molar-refractivity contribution in [3.8, 4) is 0 Å². The first-order chi connectivity index (χ1) is 8.42. The summed E-state index contributed by atoms with van der Waals surface area (Å²) in [7, 11) is 1.46. The summed E-state index contributed by atoms with van der Waals surface area (Å²) in [5, 5.41) is 14.4. The summed E-state index contributed by atoms with van der Waals surface area (Å²) in [6.45, 7) is 3.96. The maximum Gasteiger partial charge on any atom is 0.312 e. The number of aliphatic hydroxyl groups excluding tert-OH is 1. The van der Waals surface area contributed by atoms with Gasteiger partial charge in [0.15, 0.2) is 0 Å². The Morgan fingerprint density at radius 3 is 2.50 bits per heavy atom. The monoisotopic (exact) mass is 261 g/mol. The third-order valence-electron chi connectivity index (χ3n) is 2.66. The lowest BCUT2D eigenvalue weighted by atomic mass is 9.98. The second-order valence-corrected chi connectivity index (χ2v) is 4.23. The molecule has 0 fully saturated rings. The highest BCUT2D eigenvalue weighted by Gasteiger charge is 2.25. The van der Waals surface area contributed by atoms with Crippen LogP contribution in [0.2, 0.25) is 0 Å². The van der Waals surface area contributed by atoms with Crippen molar-refractivity contribution in [2.24, 2.45) is 11.7 Å². The smallest absolute Gasteiger partial charge is 0.312 e. The number of hydrogen-bond acceptors (Lipinski definition) is 4. The van der Waals surface area contributed by atoms with Crippen molar-refractivity contribution in [2.75, 3.05) is 20.3 Å². The molecule has 3 unspecified atom stereocenters. The number of nitrogens with one attached hydrogen (secondary N) is 2. The fourth-order valence-electron chi connectivity index (χ4n) is 1.43. The van der Waals surface area contributed by atoms with Gasteiger partial charge in [-0.25, -0.2) is 4.79 Å². The Labute approximate surface area is 107 Å². The molecule has 0 aliphatic heterocycles. The van der Waals surface area contributed by atoms with E-state index in [4.69, 9.17) is 10.5 Å². The van der Waals surface area contributed by atoms with Crippen molar-refractivity contribution in [1.82, 2.24) is 10.6 Å². The van der Waals surface area contributed by atoms with Crippen LogP contribution in [-0.2, 0) is 9.53 Å². The van der Waals surface area contributed by atoms with E-state index in [1.807, 2.05) is 13.8 Å². The molecule has 0 aromatic carbocycles. The molecule has 3 amide bonds. The van der Waals surface area contributed by atoms with E-state index in [9.17, 15) is 14.7 Å². The van der Waals surface area contributed by atoms with Gasteiger partial charge in [0.25, 0.3) is 0 Å². The first-order valence-electron chi connectivity index (χ1n) is 5.93. The Bertz CT molecular complexity index is 273. The zero-order valence-corrected chi connectivity index (χ0v) is 11.1. The maximum atomic E-state index is 11.9. The zero-order chi connectivity index (χ0) is 14.1. The van der Waals surface area contributed by atoms with Crippen LogP contribution in [0.1, 0.15) is 20.3 Å². The van der Waals surface area contributed by atoms with E-state index >= 15 is 0 Å². The van der Waals surface area contributed by atoms with E-state index in [1.54, 1.807) is 0 Å². The summed E-state index contributed by atoms with van der Waals surface area (Å²) in [6.07, 6.45) is -0.0518. The Kier molecular flexibility index (Phi) is 8.06. The maximum absolute atomic E-state index is 11.9. The van der Waals surface area contributed by atoms with Crippen LogP contribution in [0.25, 0.3) is 0 Å². The normalized spacial score (nSPS) is 15.6. The van der Waals surface area contributed by atoms with E-state index < -0.39 is 18.2 Å². The molecule has 7 heteroatoms. The van der Waals surface area contributed by atoms with Gasteiger partial charge < -0.3 is 26.2 Å². The molecule has 0 spiro atoms. The third-order valence-corrected chi connectivity index (χ3v) is 2.66. The molecule has 5 N–H and O–H groups in total. The average molecular weight is 261 g/mol. The Hall–Kier alpha value is -1.34. The third kappa shape index (κ3) is 6.41. The van der Waals surface area contributed by atoms with Gasteiger partial charge in [-0.1, -0.05) is 20.3 Å². The second kappa shape index (κ2) is 8.71. The molecule has 0 rings (SSSR count). The molecule has 18 heavy (non-hydrogen) atoms. The summed E-state index contributed by atoms with van der Waals surface area (Å²) in [6, 6.07) is -1.44. The van der Waals surface area contributed by atoms with Gasteiger partial charge in [-0.3, -0.25) is 4.79 Å². The molecular weight excluding hydrogens is 238 g/mol. The predicted octanol–water partition coefficient (Wildman–Crippen LogP) is -0.807. The van der Waals surface area contributed by atoms with Crippen LogP contribution in [0.15, 0.2) is 0 Å². The number of hydrogen-bond donors (Lipinski definition) is 4. The number of ether oxygens (including phenoxy) is 1. The number of primary amides is 1.